The summed E-state index contributed by atoms with van der Waals surface area (Å²) in [4.78, 5) is 0. The number of hydrogen-bond acceptors (Lipinski definition) is 1. The van der Waals surface area contributed by atoms with E-state index in [-0.39, 0.29) is 0 Å². The number of hydrogen-bond donors (Lipinski definition) is 1. The first kappa shape index (κ1) is 16.0. The molecule has 0 radical (unpaired) electrons. The molecule has 0 amide bonds. The van der Waals surface area contributed by atoms with Gasteiger partial charge in [-0.25, -0.2) is 0 Å². The van der Waals surface area contributed by atoms with Crippen molar-refractivity contribution in [2.24, 2.45) is 34.3 Å². The molecule has 0 spiro atoms. The van der Waals surface area contributed by atoms with Crippen molar-refractivity contribution in [3.05, 3.63) is 0 Å². The molecule has 16 heavy (non-hydrogen) atoms. The van der Waals surface area contributed by atoms with E-state index < -0.39 is 0 Å². The van der Waals surface area contributed by atoms with Crippen LogP contribution in [0, 0.1) is 28.6 Å². The Balaban J connectivity index is 4.63. The molecule has 0 saturated heterocycles. The monoisotopic (exact) mass is 227 g/mol. The molecule has 0 saturated carbocycles. The lowest BCUT2D eigenvalue weighted by Gasteiger charge is -2.42. The maximum atomic E-state index is 5.82. The topological polar surface area (TPSA) is 26.0 Å². The van der Waals surface area contributed by atoms with E-state index in [1.54, 1.807) is 0 Å². The molecule has 0 aliphatic heterocycles. The Hall–Kier alpha value is -0.0400. The third-order valence-corrected chi connectivity index (χ3v) is 5.29. The number of nitrogens with two attached hydrogens (primary N) is 1. The maximum absolute atomic E-state index is 5.82. The van der Waals surface area contributed by atoms with E-state index in [9.17, 15) is 0 Å². The zero-order valence-electron chi connectivity index (χ0n) is 12.7. The van der Waals surface area contributed by atoms with Gasteiger partial charge in [0, 0.05) is 0 Å². The molecule has 0 aliphatic rings. The van der Waals surface area contributed by atoms with Crippen molar-refractivity contribution in [2.45, 2.75) is 61.8 Å². The van der Waals surface area contributed by atoms with Crippen molar-refractivity contribution in [3.8, 4) is 0 Å². The molecule has 0 aromatic carbocycles. The first-order valence-corrected chi connectivity index (χ1v) is 6.75. The quantitative estimate of drug-likeness (QED) is 0.718. The highest BCUT2D eigenvalue weighted by Crippen LogP contribution is 2.43. The van der Waals surface area contributed by atoms with Gasteiger partial charge in [0.2, 0.25) is 0 Å². The smallest absolute Gasteiger partial charge is 0.00463 e. The van der Waals surface area contributed by atoms with Crippen LogP contribution in [0.3, 0.4) is 0 Å². The van der Waals surface area contributed by atoms with E-state index in [2.05, 4.69) is 55.4 Å². The van der Waals surface area contributed by atoms with Crippen molar-refractivity contribution < 1.29 is 0 Å². The highest BCUT2D eigenvalue weighted by molar-refractivity contribution is 4.85. The molecule has 2 N–H and O–H groups in total. The van der Waals surface area contributed by atoms with Gasteiger partial charge in [0.1, 0.15) is 0 Å². The van der Waals surface area contributed by atoms with Crippen LogP contribution in [0.5, 0.6) is 0 Å². The zero-order chi connectivity index (χ0) is 13.1. The highest BCUT2D eigenvalue weighted by Gasteiger charge is 2.35. The minimum atomic E-state index is 0.334. The molecule has 2 atom stereocenters. The Kier molecular flexibility index (Phi) is 5.52. The molecule has 2 unspecified atom stereocenters. The largest absolute Gasteiger partial charge is 0.330 e. The second kappa shape index (κ2) is 5.53. The Morgan fingerprint density at radius 1 is 0.875 bits per heavy atom. The second-order valence-corrected chi connectivity index (χ2v) is 7.21. The Labute approximate surface area is 103 Å². The van der Waals surface area contributed by atoms with E-state index in [1.165, 1.54) is 6.42 Å². The van der Waals surface area contributed by atoms with Gasteiger partial charge in [-0.15, -0.1) is 0 Å². The molecule has 98 valence electrons. The van der Waals surface area contributed by atoms with Crippen LogP contribution in [0.15, 0.2) is 0 Å². The summed E-state index contributed by atoms with van der Waals surface area (Å²) < 4.78 is 0. The predicted molar refractivity (Wildman–Crippen MR) is 74.4 cm³/mol. The van der Waals surface area contributed by atoms with Gasteiger partial charge in [-0.05, 0) is 41.5 Å². The Morgan fingerprint density at radius 2 is 1.31 bits per heavy atom. The van der Waals surface area contributed by atoms with Gasteiger partial charge in [0.15, 0.2) is 0 Å². The molecule has 1 heteroatoms. The average Bonchev–Trinajstić information content (AvgIpc) is 2.15. The first-order valence-electron chi connectivity index (χ1n) is 6.75. The van der Waals surface area contributed by atoms with Gasteiger partial charge >= 0.3 is 0 Å². The lowest BCUT2D eigenvalue weighted by Crippen LogP contribution is -2.37. The summed E-state index contributed by atoms with van der Waals surface area (Å²) >= 11 is 0. The minimum Gasteiger partial charge on any atom is -0.330 e. The summed E-state index contributed by atoms with van der Waals surface area (Å²) in [6.07, 6.45) is 1.28. The van der Waals surface area contributed by atoms with Gasteiger partial charge in [-0.1, -0.05) is 55.4 Å². The molecule has 0 aliphatic carbocycles. The molecule has 0 aromatic rings. The van der Waals surface area contributed by atoms with E-state index in [0.717, 1.165) is 12.5 Å². The maximum Gasteiger partial charge on any atom is -0.00463 e. The minimum absolute atomic E-state index is 0.334. The molecular formula is C15H33N. The summed E-state index contributed by atoms with van der Waals surface area (Å²) in [5.74, 6) is 2.04. The predicted octanol–water partition coefficient (Wildman–Crippen LogP) is 4.32. The summed E-state index contributed by atoms with van der Waals surface area (Å²) in [6.45, 7) is 19.6. The molecule has 0 bridgehead atoms. The lowest BCUT2D eigenvalue weighted by atomic mass is 9.63. The van der Waals surface area contributed by atoms with Crippen LogP contribution in [0.25, 0.3) is 0 Å². The number of rotatable bonds is 6. The van der Waals surface area contributed by atoms with Crippen molar-refractivity contribution in [3.63, 3.8) is 0 Å². The van der Waals surface area contributed by atoms with Gasteiger partial charge < -0.3 is 5.73 Å². The fraction of sp³-hybridized carbons (Fsp3) is 1.00. The van der Waals surface area contributed by atoms with Crippen molar-refractivity contribution in [2.75, 3.05) is 6.54 Å². The first-order chi connectivity index (χ1) is 7.05. The zero-order valence-corrected chi connectivity index (χ0v) is 12.7. The van der Waals surface area contributed by atoms with Crippen LogP contribution in [0.1, 0.15) is 61.8 Å². The van der Waals surface area contributed by atoms with Crippen molar-refractivity contribution >= 4 is 0 Å². The van der Waals surface area contributed by atoms with Crippen molar-refractivity contribution in [1.29, 1.82) is 0 Å². The van der Waals surface area contributed by atoms with Crippen LogP contribution in [0.2, 0.25) is 0 Å². The second-order valence-electron chi connectivity index (χ2n) is 7.21. The van der Waals surface area contributed by atoms with Crippen LogP contribution in [-0.2, 0) is 0 Å². The fourth-order valence-electron chi connectivity index (χ4n) is 2.08. The van der Waals surface area contributed by atoms with Gasteiger partial charge in [0.25, 0.3) is 0 Å². The van der Waals surface area contributed by atoms with Crippen LogP contribution < -0.4 is 5.73 Å². The molecular weight excluding hydrogens is 194 g/mol. The van der Waals surface area contributed by atoms with E-state index in [1.807, 2.05) is 0 Å². The van der Waals surface area contributed by atoms with Gasteiger partial charge in [-0.2, -0.15) is 0 Å². The van der Waals surface area contributed by atoms with Crippen molar-refractivity contribution in [1.82, 2.24) is 0 Å². The van der Waals surface area contributed by atoms with E-state index in [4.69, 9.17) is 5.73 Å². The molecule has 0 aromatic heterocycles. The normalized spacial score (nSPS) is 17.6. The summed E-state index contributed by atoms with van der Waals surface area (Å²) in [5, 5.41) is 0. The SMILES string of the molecule is CC(C)C(C)(C)CC(C)C(C)(C)C(C)CN. The highest BCUT2D eigenvalue weighted by atomic mass is 14.6. The molecule has 1 nitrogen and oxygen atoms in total. The standard InChI is InChI=1S/C15H33N/c1-11(2)14(5,6)9-12(3)15(7,8)13(4)10-16/h11-13H,9-10,16H2,1-8H3. The summed E-state index contributed by atoms with van der Waals surface area (Å²) in [6, 6.07) is 0. The average molecular weight is 227 g/mol. The van der Waals surface area contributed by atoms with Gasteiger partial charge in [0.05, 0.1) is 0 Å². The van der Waals surface area contributed by atoms with Crippen LogP contribution in [0.4, 0.5) is 0 Å². The third kappa shape index (κ3) is 3.76. The summed E-state index contributed by atoms with van der Waals surface area (Å²) in [5.41, 5.74) is 6.58. The van der Waals surface area contributed by atoms with Gasteiger partial charge in [-0.3, -0.25) is 0 Å². The van der Waals surface area contributed by atoms with Crippen LogP contribution >= 0.6 is 0 Å². The molecule has 0 heterocycles. The summed E-state index contributed by atoms with van der Waals surface area (Å²) in [7, 11) is 0. The third-order valence-electron chi connectivity index (χ3n) is 5.29. The fourth-order valence-corrected chi connectivity index (χ4v) is 2.08. The lowest BCUT2D eigenvalue weighted by molar-refractivity contribution is 0.0796. The molecule has 0 fully saturated rings. The van der Waals surface area contributed by atoms with E-state index >= 15 is 0 Å². The Morgan fingerprint density at radius 3 is 1.62 bits per heavy atom. The van der Waals surface area contributed by atoms with E-state index in [0.29, 0.717) is 22.7 Å². The molecule has 0 rings (SSSR count). The van der Waals surface area contributed by atoms with Crippen LogP contribution in [-0.4, -0.2) is 6.54 Å². The Bertz CT molecular complexity index is 203.